The molecule has 0 saturated heterocycles. The highest BCUT2D eigenvalue weighted by Gasteiger charge is 2.11. The van der Waals surface area contributed by atoms with E-state index in [2.05, 4.69) is 0 Å². The van der Waals surface area contributed by atoms with Crippen molar-refractivity contribution in [2.24, 2.45) is 0 Å². The Labute approximate surface area is 150 Å². The maximum Gasteiger partial charge on any atom is 0.189 e. The zero-order valence-electron chi connectivity index (χ0n) is 14.4. The molecule has 3 aromatic rings. The fourth-order valence-corrected chi connectivity index (χ4v) is 2.46. The van der Waals surface area contributed by atoms with Crippen LogP contribution in [0, 0.1) is 5.82 Å². The molecule has 0 N–H and O–H groups in total. The number of carbonyl (C=O) groups is 1. The van der Waals surface area contributed by atoms with Crippen molar-refractivity contribution in [3.05, 3.63) is 77.8 Å². The number of ether oxygens (including phenoxy) is 2. The van der Waals surface area contributed by atoms with Crippen LogP contribution < -0.4 is 9.47 Å². The minimum atomic E-state index is -0.306. The number of benzene rings is 2. The fraction of sp³-hybridized carbons (Fsp3) is 0.0952. The minimum absolute atomic E-state index is 0.218. The monoisotopic (exact) mass is 352 g/mol. The molecule has 0 saturated carbocycles. The Bertz CT molecular complexity index is 939. The van der Waals surface area contributed by atoms with Gasteiger partial charge in [0.2, 0.25) is 0 Å². The van der Waals surface area contributed by atoms with E-state index in [-0.39, 0.29) is 11.6 Å². The number of ketones is 1. The summed E-state index contributed by atoms with van der Waals surface area (Å²) in [7, 11) is 3.04. The van der Waals surface area contributed by atoms with E-state index >= 15 is 0 Å². The van der Waals surface area contributed by atoms with Crippen LogP contribution in [0.4, 0.5) is 4.39 Å². The van der Waals surface area contributed by atoms with Crippen LogP contribution in [0.5, 0.6) is 11.5 Å². The van der Waals surface area contributed by atoms with Gasteiger partial charge in [-0.15, -0.1) is 0 Å². The molecule has 3 rings (SSSR count). The predicted octanol–water partition coefficient (Wildman–Crippen LogP) is 5.00. The van der Waals surface area contributed by atoms with E-state index in [0.29, 0.717) is 28.6 Å². The van der Waals surface area contributed by atoms with E-state index < -0.39 is 0 Å². The van der Waals surface area contributed by atoms with Crippen LogP contribution in [-0.4, -0.2) is 20.0 Å². The SMILES string of the molecule is COc1ccc(C(=O)/C=C/c2ccc(-c3ccc(F)cc3)o2)c(OC)c1. The van der Waals surface area contributed by atoms with Crippen molar-refractivity contribution >= 4 is 11.9 Å². The zero-order valence-corrected chi connectivity index (χ0v) is 14.4. The quantitative estimate of drug-likeness (QED) is 0.463. The van der Waals surface area contributed by atoms with Crippen LogP contribution in [-0.2, 0) is 0 Å². The molecule has 1 heterocycles. The Morgan fingerprint density at radius 3 is 2.46 bits per heavy atom. The predicted molar refractivity (Wildman–Crippen MR) is 97.0 cm³/mol. The number of halogens is 1. The van der Waals surface area contributed by atoms with Gasteiger partial charge in [-0.05, 0) is 60.7 Å². The number of hydrogen-bond acceptors (Lipinski definition) is 4. The van der Waals surface area contributed by atoms with Crippen molar-refractivity contribution < 1.29 is 23.1 Å². The third-order valence-electron chi connectivity index (χ3n) is 3.83. The first kappa shape index (κ1) is 17.5. The van der Waals surface area contributed by atoms with Crippen LogP contribution >= 0.6 is 0 Å². The molecule has 0 aliphatic rings. The average Bonchev–Trinajstić information content (AvgIpc) is 3.15. The standard InChI is InChI=1S/C21H17FO4/c1-24-17-7-10-18(21(13-17)25-2)19(23)11-8-16-9-12-20(26-16)14-3-5-15(22)6-4-14/h3-13H,1-2H3/b11-8+. The van der Waals surface area contributed by atoms with Crippen molar-refractivity contribution in [3.8, 4) is 22.8 Å². The van der Waals surface area contributed by atoms with E-state index in [1.165, 1.54) is 25.3 Å². The largest absolute Gasteiger partial charge is 0.497 e. The van der Waals surface area contributed by atoms with Crippen molar-refractivity contribution in [3.63, 3.8) is 0 Å². The maximum absolute atomic E-state index is 13.0. The van der Waals surface area contributed by atoms with Crippen molar-refractivity contribution in [2.75, 3.05) is 14.2 Å². The molecule has 2 aromatic carbocycles. The summed E-state index contributed by atoms with van der Waals surface area (Å²) >= 11 is 0. The summed E-state index contributed by atoms with van der Waals surface area (Å²) in [6.07, 6.45) is 3.00. The second-order valence-corrected chi connectivity index (χ2v) is 5.47. The van der Waals surface area contributed by atoms with Crippen LogP contribution in [0.25, 0.3) is 17.4 Å². The van der Waals surface area contributed by atoms with E-state index in [1.807, 2.05) is 0 Å². The minimum Gasteiger partial charge on any atom is -0.497 e. The van der Waals surface area contributed by atoms with Crippen LogP contribution in [0.15, 0.2) is 65.1 Å². The van der Waals surface area contributed by atoms with Gasteiger partial charge in [0.05, 0.1) is 19.8 Å². The lowest BCUT2D eigenvalue weighted by Gasteiger charge is -2.07. The van der Waals surface area contributed by atoms with Gasteiger partial charge in [0.1, 0.15) is 28.8 Å². The van der Waals surface area contributed by atoms with E-state index in [1.54, 1.807) is 55.7 Å². The molecule has 132 valence electrons. The third-order valence-corrected chi connectivity index (χ3v) is 3.83. The number of rotatable bonds is 6. The molecular formula is C21H17FO4. The lowest BCUT2D eigenvalue weighted by Crippen LogP contribution is -1.99. The van der Waals surface area contributed by atoms with Crippen LogP contribution in [0.3, 0.4) is 0 Å². The normalized spacial score (nSPS) is 10.9. The molecule has 26 heavy (non-hydrogen) atoms. The van der Waals surface area contributed by atoms with Crippen molar-refractivity contribution in [1.29, 1.82) is 0 Å². The number of allylic oxidation sites excluding steroid dienone is 1. The van der Waals surface area contributed by atoms with Crippen molar-refractivity contribution in [2.45, 2.75) is 0 Å². The number of hydrogen-bond donors (Lipinski definition) is 0. The summed E-state index contributed by atoms with van der Waals surface area (Å²) in [5, 5.41) is 0. The highest BCUT2D eigenvalue weighted by molar-refractivity contribution is 6.08. The van der Waals surface area contributed by atoms with Gasteiger partial charge >= 0.3 is 0 Å². The molecule has 0 aliphatic heterocycles. The first-order chi connectivity index (χ1) is 12.6. The highest BCUT2D eigenvalue weighted by Crippen LogP contribution is 2.26. The molecule has 0 spiro atoms. The molecule has 4 nitrogen and oxygen atoms in total. The summed E-state index contributed by atoms with van der Waals surface area (Å²) in [5.41, 5.74) is 1.18. The van der Waals surface area contributed by atoms with Gasteiger partial charge in [-0.1, -0.05) is 0 Å². The van der Waals surface area contributed by atoms with Gasteiger partial charge in [-0.3, -0.25) is 4.79 Å². The van der Waals surface area contributed by atoms with E-state index in [9.17, 15) is 9.18 Å². The molecule has 5 heteroatoms. The molecule has 0 bridgehead atoms. The summed E-state index contributed by atoms with van der Waals surface area (Å²) in [6, 6.07) is 14.5. The first-order valence-corrected chi connectivity index (χ1v) is 7.91. The summed E-state index contributed by atoms with van der Waals surface area (Å²) in [4.78, 5) is 12.4. The van der Waals surface area contributed by atoms with Crippen LogP contribution in [0.2, 0.25) is 0 Å². The lowest BCUT2D eigenvalue weighted by molar-refractivity contribution is 0.104. The smallest absolute Gasteiger partial charge is 0.189 e. The van der Waals surface area contributed by atoms with Gasteiger partial charge in [0.15, 0.2) is 5.78 Å². The molecule has 0 radical (unpaired) electrons. The number of methoxy groups -OCH3 is 2. The number of furan rings is 1. The molecular weight excluding hydrogens is 335 g/mol. The van der Waals surface area contributed by atoms with Gasteiger partial charge in [0.25, 0.3) is 0 Å². The second-order valence-electron chi connectivity index (χ2n) is 5.47. The van der Waals surface area contributed by atoms with Gasteiger partial charge in [-0.25, -0.2) is 4.39 Å². The van der Waals surface area contributed by atoms with E-state index in [4.69, 9.17) is 13.9 Å². The first-order valence-electron chi connectivity index (χ1n) is 7.91. The maximum atomic E-state index is 13.0. The van der Waals surface area contributed by atoms with Crippen molar-refractivity contribution in [1.82, 2.24) is 0 Å². The molecule has 0 fully saturated rings. The summed E-state index contributed by atoms with van der Waals surface area (Å²) in [5.74, 6) is 1.63. The molecule has 0 atom stereocenters. The third kappa shape index (κ3) is 3.83. The molecule has 1 aromatic heterocycles. The van der Waals surface area contributed by atoms with Crippen LogP contribution in [0.1, 0.15) is 16.1 Å². The zero-order chi connectivity index (χ0) is 18.5. The number of carbonyl (C=O) groups excluding carboxylic acids is 1. The Morgan fingerprint density at radius 2 is 1.77 bits per heavy atom. The Kier molecular flexibility index (Phi) is 5.17. The summed E-state index contributed by atoms with van der Waals surface area (Å²) < 4.78 is 29.0. The fourth-order valence-electron chi connectivity index (χ4n) is 2.46. The Hall–Kier alpha value is -3.34. The Balaban J connectivity index is 1.78. The topological polar surface area (TPSA) is 48.7 Å². The van der Waals surface area contributed by atoms with Gasteiger partial charge < -0.3 is 13.9 Å². The molecule has 0 amide bonds. The second kappa shape index (κ2) is 7.70. The van der Waals surface area contributed by atoms with E-state index in [0.717, 1.165) is 5.56 Å². The van der Waals surface area contributed by atoms with Gasteiger partial charge in [0, 0.05) is 11.6 Å². The molecule has 0 aliphatic carbocycles. The van der Waals surface area contributed by atoms with Gasteiger partial charge in [-0.2, -0.15) is 0 Å². The Morgan fingerprint density at radius 1 is 1.00 bits per heavy atom. The highest BCUT2D eigenvalue weighted by atomic mass is 19.1. The lowest BCUT2D eigenvalue weighted by atomic mass is 10.1. The molecule has 0 unspecified atom stereocenters. The average molecular weight is 352 g/mol. The summed E-state index contributed by atoms with van der Waals surface area (Å²) in [6.45, 7) is 0.